The number of hydrogen-bond acceptors (Lipinski definition) is 6. The Hall–Kier alpha value is -4.28. The molecule has 2 aromatic carbocycles. The molecule has 5 N–H and O–H groups in total. The Morgan fingerprint density at radius 3 is 2.74 bits per heavy atom. The van der Waals surface area contributed by atoms with Crippen molar-refractivity contribution in [2.45, 2.75) is 18.9 Å². The van der Waals surface area contributed by atoms with Gasteiger partial charge in [-0.05, 0) is 36.6 Å². The number of anilines is 3. The average molecular weight is 468 g/mol. The number of nitrogens with two attached hydrogens (primary N) is 1. The zero-order chi connectivity index (χ0) is 24.2. The Bertz CT molecular complexity index is 1240. The van der Waals surface area contributed by atoms with E-state index in [0.717, 1.165) is 12.5 Å². The Morgan fingerprint density at radius 1 is 1.18 bits per heavy atom. The lowest BCUT2D eigenvalue weighted by molar-refractivity contribution is 0.100. The Balaban J connectivity index is 1.63. The molecule has 1 unspecified atom stereocenters. The van der Waals surface area contributed by atoms with Gasteiger partial charge in [0, 0.05) is 36.6 Å². The molecule has 0 saturated carbocycles. The standard InChI is InChI=1S/C23H22F2N6O3/c24-18-8-2-7-16(19(18)25)13-4-1-5-14(10-13)28-21-17(20(26)32)11-27-22(30-21)31-9-3-6-15(12-31)29-23(33)34/h1-2,4-5,7-8,10-11,15,29H,3,6,9,12H2,(H2,26,32)(H,33,34)(H,27,28,30). The molecule has 3 aromatic rings. The average Bonchev–Trinajstić information content (AvgIpc) is 2.80. The van der Waals surface area contributed by atoms with Crippen LogP contribution in [0.1, 0.15) is 23.2 Å². The molecule has 0 radical (unpaired) electrons. The van der Waals surface area contributed by atoms with E-state index in [-0.39, 0.29) is 23.0 Å². The molecular weight excluding hydrogens is 446 g/mol. The van der Waals surface area contributed by atoms with E-state index in [0.29, 0.717) is 36.7 Å². The molecule has 11 heteroatoms. The van der Waals surface area contributed by atoms with Crippen LogP contribution in [0.4, 0.5) is 31.0 Å². The number of benzene rings is 2. The first-order valence-corrected chi connectivity index (χ1v) is 10.5. The SMILES string of the molecule is NC(=O)c1cnc(N2CCCC(NC(=O)O)C2)nc1Nc1cccc(-c2cccc(F)c2F)c1. The minimum Gasteiger partial charge on any atom is -0.465 e. The summed E-state index contributed by atoms with van der Waals surface area (Å²) in [6, 6.07) is 10.2. The van der Waals surface area contributed by atoms with Crippen molar-refractivity contribution >= 4 is 29.5 Å². The summed E-state index contributed by atoms with van der Waals surface area (Å²) >= 11 is 0. The predicted molar refractivity (Wildman–Crippen MR) is 122 cm³/mol. The van der Waals surface area contributed by atoms with Crippen molar-refractivity contribution in [2.75, 3.05) is 23.3 Å². The number of nitrogens with zero attached hydrogens (tertiary/aromatic N) is 3. The van der Waals surface area contributed by atoms with Gasteiger partial charge in [-0.3, -0.25) is 4.79 Å². The van der Waals surface area contributed by atoms with Crippen LogP contribution in [-0.2, 0) is 0 Å². The Labute approximate surface area is 193 Å². The summed E-state index contributed by atoms with van der Waals surface area (Å²) in [7, 11) is 0. The highest BCUT2D eigenvalue weighted by atomic mass is 19.2. The van der Waals surface area contributed by atoms with Gasteiger partial charge in [-0.1, -0.05) is 24.3 Å². The molecule has 2 heterocycles. The van der Waals surface area contributed by atoms with Crippen molar-refractivity contribution in [3.63, 3.8) is 0 Å². The van der Waals surface area contributed by atoms with Gasteiger partial charge in [0.2, 0.25) is 5.95 Å². The maximum atomic E-state index is 14.3. The van der Waals surface area contributed by atoms with E-state index >= 15 is 0 Å². The molecule has 0 aliphatic carbocycles. The molecular formula is C23H22F2N6O3. The fourth-order valence-electron chi connectivity index (χ4n) is 3.88. The minimum absolute atomic E-state index is 0.0447. The van der Waals surface area contributed by atoms with E-state index in [9.17, 15) is 18.4 Å². The second kappa shape index (κ2) is 9.69. The summed E-state index contributed by atoms with van der Waals surface area (Å²) < 4.78 is 27.9. The largest absolute Gasteiger partial charge is 0.465 e. The summed E-state index contributed by atoms with van der Waals surface area (Å²) in [4.78, 5) is 33.5. The van der Waals surface area contributed by atoms with Gasteiger partial charge in [0.05, 0.1) is 0 Å². The van der Waals surface area contributed by atoms with Crippen molar-refractivity contribution in [1.29, 1.82) is 0 Å². The van der Waals surface area contributed by atoms with Gasteiger partial charge < -0.3 is 26.4 Å². The highest BCUT2D eigenvalue weighted by Gasteiger charge is 2.24. The molecule has 1 atom stereocenters. The highest BCUT2D eigenvalue weighted by Crippen LogP contribution is 2.29. The van der Waals surface area contributed by atoms with E-state index in [1.54, 1.807) is 24.3 Å². The Morgan fingerprint density at radius 2 is 1.97 bits per heavy atom. The lowest BCUT2D eigenvalue weighted by Crippen LogP contribution is -2.48. The summed E-state index contributed by atoms with van der Waals surface area (Å²) in [6.07, 6.45) is 1.62. The number of amides is 2. The van der Waals surface area contributed by atoms with Gasteiger partial charge in [-0.15, -0.1) is 0 Å². The monoisotopic (exact) mass is 468 g/mol. The summed E-state index contributed by atoms with van der Waals surface area (Å²) in [5.41, 5.74) is 6.52. The maximum absolute atomic E-state index is 14.3. The van der Waals surface area contributed by atoms with Gasteiger partial charge in [0.25, 0.3) is 5.91 Å². The maximum Gasteiger partial charge on any atom is 0.404 e. The molecule has 176 valence electrons. The molecule has 1 fully saturated rings. The van der Waals surface area contributed by atoms with Crippen LogP contribution in [-0.4, -0.2) is 46.2 Å². The lowest BCUT2D eigenvalue weighted by Gasteiger charge is -2.32. The number of nitrogens with one attached hydrogen (secondary N) is 2. The quantitative estimate of drug-likeness (QED) is 0.435. The molecule has 1 saturated heterocycles. The van der Waals surface area contributed by atoms with Crippen LogP contribution >= 0.6 is 0 Å². The number of carbonyl (C=O) groups excluding carboxylic acids is 1. The number of primary amides is 1. The van der Waals surface area contributed by atoms with E-state index in [1.807, 2.05) is 4.90 Å². The smallest absolute Gasteiger partial charge is 0.404 e. The van der Waals surface area contributed by atoms with Crippen LogP contribution in [0, 0.1) is 11.6 Å². The summed E-state index contributed by atoms with van der Waals surface area (Å²) in [5.74, 6) is -2.22. The first kappa shape index (κ1) is 22.9. The normalized spacial score (nSPS) is 15.6. The third-order valence-electron chi connectivity index (χ3n) is 5.46. The van der Waals surface area contributed by atoms with Crippen LogP contribution in [0.3, 0.4) is 0 Å². The second-order valence-electron chi connectivity index (χ2n) is 7.84. The van der Waals surface area contributed by atoms with E-state index in [4.69, 9.17) is 10.8 Å². The molecule has 4 rings (SSSR count). The first-order valence-electron chi connectivity index (χ1n) is 10.5. The first-order chi connectivity index (χ1) is 16.3. The third-order valence-corrected chi connectivity index (χ3v) is 5.46. The van der Waals surface area contributed by atoms with E-state index < -0.39 is 23.6 Å². The van der Waals surface area contributed by atoms with Crippen molar-refractivity contribution in [3.8, 4) is 11.1 Å². The van der Waals surface area contributed by atoms with E-state index in [2.05, 4.69) is 20.6 Å². The second-order valence-corrected chi connectivity index (χ2v) is 7.84. The van der Waals surface area contributed by atoms with Crippen LogP contribution in [0.15, 0.2) is 48.7 Å². The third kappa shape index (κ3) is 5.03. The number of hydrogen-bond donors (Lipinski definition) is 4. The number of aromatic nitrogens is 2. The fourth-order valence-corrected chi connectivity index (χ4v) is 3.88. The minimum atomic E-state index is -1.10. The van der Waals surface area contributed by atoms with Gasteiger partial charge in [-0.25, -0.2) is 18.6 Å². The molecule has 1 aliphatic rings. The van der Waals surface area contributed by atoms with Gasteiger partial charge in [-0.2, -0.15) is 4.98 Å². The van der Waals surface area contributed by atoms with Crippen molar-refractivity contribution in [3.05, 3.63) is 65.9 Å². The lowest BCUT2D eigenvalue weighted by atomic mass is 10.0. The summed E-state index contributed by atoms with van der Waals surface area (Å²) in [5, 5.41) is 14.5. The highest BCUT2D eigenvalue weighted by molar-refractivity contribution is 5.98. The van der Waals surface area contributed by atoms with Gasteiger partial charge in [0.15, 0.2) is 11.6 Å². The molecule has 1 aliphatic heterocycles. The van der Waals surface area contributed by atoms with Crippen LogP contribution in [0.25, 0.3) is 11.1 Å². The van der Waals surface area contributed by atoms with E-state index in [1.165, 1.54) is 18.3 Å². The number of carbonyl (C=O) groups is 2. The van der Waals surface area contributed by atoms with Crippen molar-refractivity contribution in [1.82, 2.24) is 15.3 Å². The number of halogens is 2. The topological polar surface area (TPSA) is 133 Å². The summed E-state index contributed by atoms with van der Waals surface area (Å²) in [6.45, 7) is 0.984. The number of rotatable bonds is 6. The Kier molecular flexibility index (Phi) is 6.53. The molecule has 9 nitrogen and oxygen atoms in total. The number of carboxylic acid groups (broad SMARTS) is 1. The zero-order valence-corrected chi connectivity index (χ0v) is 18.0. The van der Waals surface area contributed by atoms with Crippen molar-refractivity contribution < 1.29 is 23.5 Å². The van der Waals surface area contributed by atoms with Crippen LogP contribution in [0.2, 0.25) is 0 Å². The van der Waals surface area contributed by atoms with Gasteiger partial charge >= 0.3 is 6.09 Å². The molecule has 2 amide bonds. The molecule has 0 spiro atoms. The molecule has 1 aromatic heterocycles. The zero-order valence-electron chi connectivity index (χ0n) is 18.0. The number of piperidine rings is 1. The molecule has 0 bridgehead atoms. The molecule has 34 heavy (non-hydrogen) atoms. The van der Waals surface area contributed by atoms with Crippen LogP contribution in [0.5, 0.6) is 0 Å². The van der Waals surface area contributed by atoms with Crippen LogP contribution < -0.4 is 21.3 Å². The fraction of sp³-hybridized carbons (Fsp3) is 0.217. The van der Waals surface area contributed by atoms with Gasteiger partial charge in [0.1, 0.15) is 11.4 Å². The predicted octanol–water partition coefficient (Wildman–Crippen LogP) is 3.50. The van der Waals surface area contributed by atoms with Crippen molar-refractivity contribution in [2.24, 2.45) is 5.73 Å².